The molecule has 0 aliphatic heterocycles. The summed E-state index contributed by atoms with van der Waals surface area (Å²) in [6, 6.07) is -0.0207. The van der Waals surface area contributed by atoms with Crippen molar-refractivity contribution in [3.63, 3.8) is 0 Å². The van der Waals surface area contributed by atoms with Crippen LogP contribution >= 0.6 is 0 Å². The molecule has 0 bridgehead atoms. The van der Waals surface area contributed by atoms with E-state index in [1.54, 1.807) is 6.92 Å². The monoisotopic (exact) mass is 289 g/mol. The Hall–Kier alpha value is -2.25. The van der Waals surface area contributed by atoms with Crippen molar-refractivity contribution in [2.75, 3.05) is 11.9 Å². The van der Waals surface area contributed by atoms with Crippen molar-refractivity contribution in [2.45, 2.75) is 19.9 Å². The molecule has 1 atom stereocenters. The first-order chi connectivity index (χ1) is 9.36. The third-order valence-corrected chi connectivity index (χ3v) is 2.37. The molecule has 1 aromatic rings. The molecule has 5 nitrogen and oxygen atoms in total. The van der Waals surface area contributed by atoms with E-state index in [0.717, 1.165) is 12.1 Å². The van der Waals surface area contributed by atoms with Gasteiger partial charge in [0.15, 0.2) is 17.5 Å². The van der Waals surface area contributed by atoms with Gasteiger partial charge in [-0.25, -0.2) is 18.0 Å². The quantitative estimate of drug-likeness (QED) is 0.740. The van der Waals surface area contributed by atoms with Crippen molar-refractivity contribution in [3.05, 3.63) is 29.6 Å². The fraction of sp³-hybridized carbons (Fsp3) is 0.333. The van der Waals surface area contributed by atoms with E-state index in [2.05, 4.69) is 10.6 Å². The zero-order valence-electron chi connectivity index (χ0n) is 10.9. The lowest BCUT2D eigenvalue weighted by Gasteiger charge is -2.15. The highest BCUT2D eigenvalue weighted by molar-refractivity contribution is 5.97. The molecule has 0 saturated carbocycles. The lowest BCUT2D eigenvalue weighted by molar-refractivity contribution is -0.120. The van der Waals surface area contributed by atoms with Crippen molar-refractivity contribution in [2.24, 2.45) is 0 Å². The summed E-state index contributed by atoms with van der Waals surface area (Å²) in [5, 5.41) is 6.70. The standard InChI is InChI=1S/C12H14F3N3O2/c1-3-16-12(20)18-11(19)6(2)17-8-5-4-7(13)9(14)10(8)15/h4-6,17H,3H2,1-2H3,(H2,16,18,19,20). The number of rotatable bonds is 4. The number of imide groups is 1. The van der Waals surface area contributed by atoms with Crippen LogP contribution in [0.2, 0.25) is 0 Å². The van der Waals surface area contributed by atoms with Gasteiger partial charge in [-0.2, -0.15) is 0 Å². The molecule has 8 heteroatoms. The molecule has 0 aromatic heterocycles. The van der Waals surface area contributed by atoms with Gasteiger partial charge in [0.1, 0.15) is 6.04 Å². The van der Waals surface area contributed by atoms with Gasteiger partial charge in [-0.05, 0) is 26.0 Å². The topological polar surface area (TPSA) is 70.2 Å². The minimum Gasteiger partial charge on any atom is -0.371 e. The van der Waals surface area contributed by atoms with Gasteiger partial charge < -0.3 is 10.6 Å². The van der Waals surface area contributed by atoms with Crippen LogP contribution in [0.5, 0.6) is 0 Å². The Morgan fingerprint density at radius 2 is 1.85 bits per heavy atom. The number of halogens is 3. The fourth-order valence-electron chi connectivity index (χ4n) is 1.36. The molecular formula is C12H14F3N3O2. The number of benzene rings is 1. The van der Waals surface area contributed by atoms with Gasteiger partial charge in [0.2, 0.25) is 5.91 Å². The summed E-state index contributed by atoms with van der Waals surface area (Å²) >= 11 is 0. The molecule has 110 valence electrons. The molecule has 0 aliphatic carbocycles. The zero-order chi connectivity index (χ0) is 15.3. The molecule has 3 N–H and O–H groups in total. The van der Waals surface area contributed by atoms with Crippen LogP contribution in [0.1, 0.15) is 13.8 Å². The summed E-state index contributed by atoms with van der Waals surface area (Å²) in [6.07, 6.45) is 0. The Balaban J connectivity index is 2.71. The van der Waals surface area contributed by atoms with E-state index >= 15 is 0 Å². The molecule has 20 heavy (non-hydrogen) atoms. The van der Waals surface area contributed by atoms with Gasteiger partial charge in [0.25, 0.3) is 0 Å². The van der Waals surface area contributed by atoms with Gasteiger partial charge in [-0.1, -0.05) is 0 Å². The first kappa shape index (κ1) is 15.8. The minimum absolute atomic E-state index is 0.332. The maximum atomic E-state index is 13.4. The minimum atomic E-state index is -1.63. The van der Waals surface area contributed by atoms with E-state index in [4.69, 9.17) is 0 Å². The van der Waals surface area contributed by atoms with E-state index in [-0.39, 0.29) is 5.69 Å². The molecule has 0 fully saturated rings. The van der Waals surface area contributed by atoms with E-state index in [0.29, 0.717) is 6.54 Å². The maximum absolute atomic E-state index is 13.4. The molecule has 0 saturated heterocycles. The molecule has 0 spiro atoms. The Bertz CT molecular complexity index is 523. The van der Waals surface area contributed by atoms with Crippen LogP contribution in [0.15, 0.2) is 12.1 Å². The Morgan fingerprint density at radius 1 is 1.20 bits per heavy atom. The Kier molecular flexibility index (Phi) is 5.36. The van der Waals surface area contributed by atoms with Gasteiger partial charge in [-0.3, -0.25) is 10.1 Å². The largest absolute Gasteiger partial charge is 0.371 e. The van der Waals surface area contributed by atoms with Gasteiger partial charge in [0, 0.05) is 6.54 Å². The number of amides is 3. The molecule has 1 unspecified atom stereocenters. The molecular weight excluding hydrogens is 275 g/mol. The lowest BCUT2D eigenvalue weighted by atomic mass is 10.2. The summed E-state index contributed by atoms with van der Waals surface area (Å²) in [7, 11) is 0. The van der Waals surface area contributed by atoms with Crippen molar-refractivity contribution in [1.29, 1.82) is 0 Å². The third-order valence-electron chi connectivity index (χ3n) is 2.37. The number of hydrogen-bond acceptors (Lipinski definition) is 3. The van der Waals surface area contributed by atoms with Crippen LogP contribution in [0, 0.1) is 17.5 Å². The lowest BCUT2D eigenvalue weighted by Crippen LogP contribution is -2.45. The van der Waals surface area contributed by atoms with Crippen LogP contribution in [-0.4, -0.2) is 24.5 Å². The number of carbonyl (C=O) groups is 2. The number of hydrogen-bond donors (Lipinski definition) is 3. The predicted octanol–water partition coefficient (Wildman–Crippen LogP) is 1.75. The van der Waals surface area contributed by atoms with Gasteiger partial charge in [0.05, 0.1) is 5.69 Å². The summed E-state index contributed by atoms with van der Waals surface area (Å²) in [5.74, 6) is -5.12. The fourth-order valence-corrected chi connectivity index (χ4v) is 1.36. The zero-order valence-corrected chi connectivity index (χ0v) is 10.9. The van der Waals surface area contributed by atoms with Crippen LogP contribution in [0.25, 0.3) is 0 Å². The summed E-state index contributed by atoms with van der Waals surface area (Å²) in [6.45, 7) is 3.34. The average Bonchev–Trinajstić information content (AvgIpc) is 2.39. The normalized spacial score (nSPS) is 11.7. The second kappa shape index (κ2) is 6.78. The highest BCUT2D eigenvalue weighted by atomic mass is 19.2. The van der Waals surface area contributed by atoms with E-state index < -0.39 is 35.4 Å². The first-order valence-corrected chi connectivity index (χ1v) is 5.85. The van der Waals surface area contributed by atoms with Crippen LogP contribution < -0.4 is 16.0 Å². The first-order valence-electron chi connectivity index (χ1n) is 5.85. The number of anilines is 1. The van der Waals surface area contributed by atoms with Crippen LogP contribution in [0.4, 0.5) is 23.7 Å². The number of carbonyl (C=O) groups excluding carboxylic acids is 2. The van der Waals surface area contributed by atoms with Crippen molar-refractivity contribution < 1.29 is 22.8 Å². The SMILES string of the molecule is CCNC(=O)NC(=O)C(C)Nc1ccc(F)c(F)c1F. The Labute approximate surface area is 113 Å². The number of nitrogens with one attached hydrogen (secondary N) is 3. The Morgan fingerprint density at radius 3 is 2.45 bits per heavy atom. The summed E-state index contributed by atoms with van der Waals surface area (Å²) in [4.78, 5) is 22.7. The van der Waals surface area contributed by atoms with E-state index in [1.165, 1.54) is 6.92 Å². The van der Waals surface area contributed by atoms with Crippen molar-refractivity contribution >= 4 is 17.6 Å². The number of urea groups is 1. The van der Waals surface area contributed by atoms with Crippen molar-refractivity contribution in [1.82, 2.24) is 10.6 Å². The predicted molar refractivity (Wildman–Crippen MR) is 66.6 cm³/mol. The third kappa shape index (κ3) is 3.87. The average molecular weight is 289 g/mol. The van der Waals surface area contributed by atoms with Crippen LogP contribution in [0.3, 0.4) is 0 Å². The van der Waals surface area contributed by atoms with E-state index in [9.17, 15) is 22.8 Å². The maximum Gasteiger partial charge on any atom is 0.321 e. The second-order valence-electron chi connectivity index (χ2n) is 3.94. The summed E-state index contributed by atoms with van der Waals surface area (Å²) < 4.78 is 39.1. The highest BCUT2D eigenvalue weighted by Crippen LogP contribution is 2.20. The van der Waals surface area contributed by atoms with E-state index in [1.807, 2.05) is 5.32 Å². The highest BCUT2D eigenvalue weighted by Gasteiger charge is 2.19. The second-order valence-corrected chi connectivity index (χ2v) is 3.94. The molecule has 3 amide bonds. The van der Waals surface area contributed by atoms with Crippen molar-refractivity contribution in [3.8, 4) is 0 Å². The molecule has 1 rings (SSSR count). The van der Waals surface area contributed by atoms with Crippen LogP contribution in [-0.2, 0) is 4.79 Å². The molecule has 1 aromatic carbocycles. The summed E-state index contributed by atoms with van der Waals surface area (Å²) in [5.41, 5.74) is -0.373. The van der Waals surface area contributed by atoms with Gasteiger partial charge >= 0.3 is 6.03 Å². The van der Waals surface area contributed by atoms with Gasteiger partial charge in [-0.15, -0.1) is 0 Å². The smallest absolute Gasteiger partial charge is 0.321 e. The molecule has 0 heterocycles. The molecule has 0 radical (unpaired) electrons. The molecule has 0 aliphatic rings.